The zero-order valence-electron chi connectivity index (χ0n) is 13.8. The van der Waals surface area contributed by atoms with Gasteiger partial charge in [-0.1, -0.05) is 56.3 Å². The molecule has 0 saturated carbocycles. The summed E-state index contributed by atoms with van der Waals surface area (Å²) >= 11 is 0. The van der Waals surface area contributed by atoms with E-state index in [0.29, 0.717) is 0 Å². The normalized spacial score (nSPS) is 11.6. The third-order valence-electron chi connectivity index (χ3n) is 3.84. The van der Waals surface area contributed by atoms with E-state index < -0.39 is 12.1 Å². The molecular formula is C20H20O4. The van der Waals surface area contributed by atoms with Gasteiger partial charge in [-0.3, -0.25) is 0 Å². The van der Waals surface area contributed by atoms with Gasteiger partial charge in [0, 0.05) is 0 Å². The van der Waals surface area contributed by atoms with Crippen LogP contribution in [0.4, 0.5) is 4.79 Å². The highest BCUT2D eigenvalue weighted by molar-refractivity contribution is 5.96. The maximum Gasteiger partial charge on any atom is 0.513 e. The molecule has 1 N–H and O–H groups in total. The number of carbonyl (C=O) groups excluding carboxylic acids is 1. The van der Waals surface area contributed by atoms with Gasteiger partial charge in [0.1, 0.15) is 0 Å². The number of benzene rings is 2. The van der Waals surface area contributed by atoms with Crippen LogP contribution in [0, 0.1) is 0 Å². The standard InChI is InChI=1S/C20H20O4/c1-3-17(14-8-6-5-7-9-14)18(4-2)15-10-12-16(13-11-15)19(21)24-20(22)23/h5-13H,3-4H2,1-2H3,(H,22,23). The summed E-state index contributed by atoms with van der Waals surface area (Å²) in [5, 5.41) is 8.51. The molecule has 0 aliphatic heterocycles. The van der Waals surface area contributed by atoms with Gasteiger partial charge in [0.15, 0.2) is 0 Å². The lowest BCUT2D eigenvalue weighted by Gasteiger charge is -2.14. The summed E-state index contributed by atoms with van der Waals surface area (Å²) in [6.07, 6.45) is 0.156. The van der Waals surface area contributed by atoms with Crippen LogP contribution in [0.3, 0.4) is 0 Å². The summed E-state index contributed by atoms with van der Waals surface area (Å²) in [7, 11) is 0. The van der Waals surface area contributed by atoms with E-state index in [2.05, 4.69) is 30.7 Å². The minimum absolute atomic E-state index is 0.217. The summed E-state index contributed by atoms with van der Waals surface area (Å²) in [5.41, 5.74) is 4.89. The van der Waals surface area contributed by atoms with E-state index in [-0.39, 0.29) is 5.56 Å². The van der Waals surface area contributed by atoms with Gasteiger partial charge in [0.25, 0.3) is 0 Å². The van der Waals surface area contributed by atoms with Crippen molar-refractivity contribution >= 4 is 23.3 Å². The van der Waals surface area contributed by atoms with Crippen molar-refractivity contribution in [2.45, 2.75) is 26.7 Å². The van der Waals surface area contributed by atoms with Crippen molar-refractivity contribution in [3.8, 4) is 0 Å². The number of hydrogen-bond acceptors (Lipinski definition) is 3. The SMILES string of the molecule is CCC(=C(CC)c1ccc(C(=O)OC(=O)O)cc1)c1ccccc1. The molecule has 4 nitrogen and oxygen atoms in total. The molecular weight excluding hydrogens is 304 g/mol. The molecule has 4 heteroatoms. The Kier molecular flexibility index (Phi) is 5.90. The molecule has 0 atom stereocenters. The third kappa shape index (κ3) is 4.10. The Morgan fingerprint density at radius 2 is 1.25 bits per heavy atom. The maximum atomic E-state index is 11.6. The van der Waals surface area contributed by atoms with Crippen LogP contribution < -0.4 is 0 Å². The van der Waals surface area contributed by atoms with Crippen LogP contribution in [0.15, 0.2) is 54.6 Å². The van der Waals surface area contributed by atoms with E-state index in [4.69, 9.17) is 5.11 Å². The minimum atomic E-state index is -1.60. The molecule has 0 aliphatic carbocycles. The summed E-state index contributed by atoms with van der Waals surface area (Å²) in [5.74, 6) is -0.866. The predicted molar refractivity (Wildman–Crippen MR) is 93.7 cm³/mol. The summed E-state index contributed by atoms with van der Waals surface area (Å²) in [6, 6.07) is 17.0. The number of carboxylic acid groups (broad SMARTS) is 1. The molecule has 0 bridgehead atoms. The molecule has 0 heterocycles. The van der Waals surface area contributed by atoms with E-state index in [1.54, 1.807) is 12.1 Å². The van der Waals surface area contributed by atoms with Crippen LogP contribution in [0.5, 0.6) is 0 Å². The van der Waals surface area contributed by atoms with E-state index in [0.717, 1.165) is 18.4 Å². The Bertz CT molecular complexity index is 743. The molecule has 0 radical (unpaired) electrons. The van der Waals surface area contributed by atoms with Crippen molar-refractivity contribution in [3.63, 3.8) is 0 Å². The van der Waals surface area contributed by atoms with E-state index >= 15 is 0 Å². The highest BCUT2D eigenvalue weighted by Gasteiger charge is 2.13. The molecule has 24 heavy (non-hydrogen) atoms. The molecule has 0 aromatic heterocycles. The van der Waals surface area contributed by atoms with E-state index in [1.807, 2.05) is 30.3 Å². The fraction of sp³-hybridized carbons (Fsp3) is 0.200. The molecule has 0 unspecified atom stereocenters. The summed E-state index contributed by atoms with van der Waals surface area (Å²) in [6.45, 7) is 4.22. The Balaban J connectivity index is 2.38. The Morgan fingerprint density at radius 1 is 0.792 bits per heavy atom. The van der Waals surface area contributed by atoms with Gasteiger partial charge >= 0.3 is 12.1 Å². The molecule has 2 aromatic rings. The van der Waals surface area contributed by atoms with Gasteiger partial charge in [0.2, 0.25) is 0 Å². The fourth-order valence-electron chi connectivity index (χ4n) is 2.77. The van der Waals surface area contributed by atoms with Crippen molar-refractivity contribution in [3.05, 3.63) is 71.3 Å². The van der Waals surface area contributed by atoms with Gasteiger partial charge in [-0.15, -0.1) is 0 Å². The first kappa shape index (κ1) is 17.5. The van der Waals surface area contributed by atoms with Crippen LogP contribution in [-0.2, 0) is 4.74 Å². The number of carbonyl (C=O) groups is 2. The third-order valence-corrected chi connectivity index (χ3v) is 3.84. The first-order valence-electron chi connectivity index (χ1n) is 7.89. The lowest BCUT2D eigenvalue weighted by Crippen LogP contribution is -2.09. The molecule has 0 amide bonds. The maximum absolute atomic E-state index is 11.6. The quantitative estimate of drug-likeness (QED) is 0.463. The highest BCUT2D eigenvalue weighted by atomic mass is 16.7. The van der Waals surface area contributed by atoms with Crippen molar-refractivity contribution in [2.24, 2.45) is 0 Å². The average molecular weight is 324 g/mol. The topological polar surface area (TPSA) is 63.6 Å². The lowest BCUT2D eigenvalue weighted by molar-refractivity contribution is 0.0509. The first-order valence-corrected chi connectivity index (χ1v) is 7.89. The predicted octanol–water partition coefficient (Wildman–Crippen LogP) is 5.25. The minimum Gasteiger partial charge on any atom is -0.449 e. The second-order valence-corrected chi connectivity index (χ2v) is 5.26. The number of rotatable bonds is 5. The number of hydrogen-bond donors (Lipinski definition) is 1. The van der Waals surface area contributed by atoms with Gasteiger partial charge < -0.3 is 9.84 Å². The first-order chi connectivity index (χ1) is 11.6. The Morgan fingerprint density at radius 3 is 1.71 bits per heavy atom. The van der Waals surface area contributed by atoms with Crippen LogP contribution in [0.1, 0.15) is 48.2 Å². The van der Waals surface area contributed by atoms with Crippen LogP contribution >= 0.6 is 0 Å². The molecule has 2 aromatic carbocycles. The number of ether oxygens (including phenoxy) is 1. The van der Waals surface area contributed by atoms with Crippen molar-refractivity contribution in [1.82, 2.24) is 0 Å². The highest BCUT2D eigenvalue weighted by Crippen LogP contribution is 2.31. The Labute approximate surface area is 141 Å². The fourth-order valence-corrected chi connectivity index (χ4v) is 2.77. The van der Waals surface area contributed by atoms with Gasteiger partial charge in [-0.2, -0.15) is 0 Å². The van der Waals surface area contributed by atoms with Gasteiger partial charge in [-0.25, -0.2) is 9.59 Å². The molecule has 2 rings (SSSR count). The van der Waals surface area contributed by atoms with Crippen LogP contribution in [0.2, 0.25) is 0 Å². The zero-order chi connectivity index (χ0) is 17.5. The van der Waals surface area contributed by atoms with Crippen molar-refractivity contribution in [2.75, 3.05) is 0 Å². The monoisotopic (exact) mass is 324 g/mol. The lowest BCUT2D eigenvalue weighted by atomic mass is 9.91. The van der Waals surface area contributed by atoms with Gasteiger partial charge in [0.05, 0.1) is 5.56 Å². The van der Waals surface area contributed by atoms with Gasteiger partial charge in [-0.05, 0) is 47.2 Å². The molecule has 124 valence electrons. The second-order valence-electron chi connectivity index (χ2n) is 5.26. The molecule has 0 spiro atoms. The Hall–Kier alpha value is -2.88. The largest absolute Gasteiger partial charge is 0.513 e. The van der Waals surface area contributed by atoms with Crippen LogP contribution in [0.25, 0.3) is 11.1 Å². The summed E-state index contributed by atoms with van der Waals surface area (Å²) in [4.78, 5) is 22.0. The molecule has 0 saturated heterocycles. The number of allylic oxidation sites excluding steroid dienone is 2. The smallest absolute Gasteiger partial charge is 0.449 e. The second kappa shape index (κ2) is 8.11. The van der Waals surface area contributed by atoms with Crippen molar-refractivity contribution in [1.29, 1.82) is 0 Å². The van der Waals surface area contributed by atoms with Crippen molar-refractivity contribution < 1.29 is 19.4 Å². The number of esters is 1. The molecule has 0 aliphatic rings. The van der Waals surface area contributed by atoms with Crippen LogP contribution in [-0.4, -0.2) is 17.2 Å². The summed E-state index contributed by atoms with van der Waals surface area (Å²) < 4.78 is 4.17. The van der Waals surface area contributed by atoms with E-state index in [9.17, 15) is 9.59 Å². The average Bonchev–Trinajstić information content (AvgIpc) is 2.60. The molecule has 0 fully saturated rings. The zero-order valence-corrected chi connectivity index (χ0v) is 13.8. The van der Waals surface area contributed by atoms with E-state index in [1.165, 1.54) is 16.7 Å².